The van der Waals surface area contributed by atoms with Gasteiger partial charge in [0.1, 0.15) is 11.6 Å². The number of hydrogen-bond donors (Lipinski definition) is 2. The number of benzene rings is 1. The van der Waals surface area contributed by atoms with Crippen LogP contribution in [-0.4, -0.2) is 36.0 Å². The van der Waals surface area contributed by atoms with Gasteiger partial charge in [0.15, 0.2) is 0 Å². The second-order valence-corrected chi connectivity index (χ2v) is 10.5. The molecule has 1 aromatic carbocycles. The van der Waals surface area contributed by atoms with Crippen LogP contribution in [0.2, 0.25) is 5.02 Å². The second kappa shape index (κ2) is 16.2. The normalized spacial score (nSPS) is 17.4. The molecule has 2 atom stereocenters. The molecule has 2 N–H and O–H groups in total. The van der Waals surface area contributed by atoms with Gasteiger partial charge in [-0.05, 0) is 87.3 Å². The van der Waals surface area contributed by atoms with Gasteiger partial charge in [-0.1, -0.05) is 62.7 Å². The fraction of sp³-hybridized carbons (Fsp3) is 0.469. The molecule has 0 amide bonds. The van der Waals surface area contributed by atoms with Crippen LogP contribution in [0.1, 0.15) is 65.4 Å². The number of nitrogens with zero attached hydrogens (tertiary/aromatic N) is 2. The van der Waals surface area contributed by atoms with Crippen LogP contribution in [0, 0.1) is 11.8 Å². The van der Waals surface area contributed by atoms with E-state index >= 15 is 0 Å². The van der Waals surface area contributed by atoms with Gasteiger partial charge in [0.25, 0.3) is 0 Å². The van der Waals surface area contributed by atoms with Crippen molar-refractivity contribution in [1.82, 2.24) is 10.2 Å². The van der Waals surface area contributed by atoms with E-state index in [0.717, 1.165) is 73.7 Å². The van der Waals surface area contributed by atoms with Gasteiger partial charge in [-0.2, -0.15) is 0 Å². The Morgan fingerprint density at radius 2 is 1.97 bits per heavy atom. The highest BCUT2D eigenvalue weighted by Crippen LogP contribution is 2.23. The van der Waals surface area contributed by atoms with Gasteiger partial charge in [0.05, 0.1) is 0 Å². The van der Waals surface area contributed by atoms with Crippen molar-refractivity contribution < 1.29 is 5.11 Å². The Morgan fingerprint density at radius 1 is 1.24 bits per heavy atom. The van der Waals surface area contributed by atoms with Crippen molar-refractivity contribution in [2.24, 2.45) is 16.8 Å². The van der Waals surface area contributed by atoms with Crippen molar-refractivity contribution in [3.8, 4) is 0 Å². The number of allylic oxidation sites excluding steroid dienone is 4. The lowest BCUT2D eigenvalue weighted by Crippen LogP contribution is -2.34. The molecule has 0 radical (unpaired) electrons. The van der Waals surface area contributed by atoms with Crippen molar-refractivity contribution in [2.45, 2.75) is 66.2 Å². The van der Waals surface area contributed by atoms with Crippen LogP contribution in [0.4, 0.5) is 0 Å². The molecule has 0 fully saturated rings. The predicted molar refractivity (Wildman–Crippen MR) is 161 cm³/mol. The molecule has 1 aliphatic carbocycles. The first-order valence-electron chi connectivity index (χ1n) is 13.7. The Labute approximate surface area is 230 Å². The number of aliphatic hydroxyl groups excluding tert-OH is 1. The maximum Gasteiger partial charge on any atom is 0.135 e. The fourth-order valence-corrected chi connectivity index (χ4v) is 4.39. The van der Waals surface area contributed by atoms with Crippen molar-refractivity contribution in [1.29, 1.82) is 0 Å². The maximum absolute atomic E-state index is 9.73. The van der Waals surface area contributed by atoms with Crippen molar-refractivity contribution >= 4 is 17.4 Å². The summed E-state index contributed by atoms with van der Waals surface area (Å²) in [5.41, 5.74) is 4.55. The number of hydrogen-bond acceptors (Lipinski definition) is 3. The predicted octanol–water partition coefficient (Wildman–Crippen LogP) is 8.40. The summed E-state index contributed by atoms with van der Waals surface area (Å²) in [5.74, 6) is 2.03. The molecule has 0 saturated carbocycles. The van der Waals surface area contributed by atoms with E-state index in [1.807, 2.05) is 37.5 Å². The standard InChI is InChI=1S/C32H46ClN3O/c1-7-20-36(21-19-25(4)9-10-27-11-15-29(33)16-12-27)32(35-23-24(3)8-2)26(5)22-31(34-6)28-13-17-30(37)18-14-28/h11-13,15-18,22-23,25,28,34,37H,5,7-10,14,19-21H2,1-4,6H3/b24-23-,31-22-,35-32+. The van der Waals surface area contributed by atoms with Crippen LogP contribution >= 0.6 is 11.6 Å². The van der Waals surface area contributed by atoms with E-state index in [9.17, 15) is 5.11 Å². The molecule has 1 aromatic rings. The van der Waals surface area contributed by atoms with Gasteiger partial charge in [-0.3, -0.25) is 0 Å². The fourth-order valence-electron chi connectivity index (χ4n) is 4.27. The SMILES string of the molecule is C=C(/C=C(\NC)C1C=CC(O)=CC1)/C(=N\C=C(\C)CC)N(CCC)CCC(C)CCc1ccc(Cl)cc1. The van der Waals surface area contributed by atoms with Crippen LogP contribution in [0.5, 0.6) is 0 Å². The first-order chi connectivity index (χ1) is 17.8. The molecule has 37 heavy (non-hydrogen) atoms. The Morgan fingerprint density at radius 3 is 2.57 bits per heavy atom. The Hall–Kier alpha value is -2.72. The number of amidine groups is 1. The lowest BCUT2D eigenvalue weighted by Gasteiger charge is -2.28. The summed E-state index contributed by atoms with van der Waals surface area (Å²) in [4.78, 5) is 7.36. The largest absolute Gasteiger partial charge is 0.508 e. The number of aryl methyl sites for hydroxylation is 1. The zero-order valence-electron chi connectivity index (χ0n) is 23.4. The van der Waals surface area contributed by atoms with Crippen LogP contribution < -0.4 is 5.32 Å². The van der Waals surface area contributed by atoms with Crippen molar-refractivity contribution in [2.75, 3.05) is 20.1 Å². The molecule has 202 valence electrons. The molecular formula is C32H46ClN3O. The highest BCUT2D eigenvalue weighted by molar-refractivity contribution is 6.30. The van der Waals surface area contributed by atoms with E-state index in [2.05, 4.69) is 62.7 Å². The summed E-state index contributed by atoms with van der Waals surface area (Å²) in [6, 6.07) is 8.19. The Bertz CT molecular complexity index is 1020. The monoisotopic (exact) mass is 523 g/mol. The average Bonchev–Trinajstić information content (AvgIpc) is 2.90. The minimum absolute atomic E-state index is 0.180. The zero-order chi connectivity index (χ0) is 27.2. The topological polar surface area (TPSA) is 47.9 Å². The molecule has 5 heteroatoms. The summed E-state index contributed by atoms with van der Waals surface area (Å²) < 4.78 is 0. The summed E-state index contributed by atoms with van der Waals surface area (Å²) in [6.07, 6.45) is 15.8. The molecule has 1 aliphatic rings. The molecular weight excluding hydrogens is 478 g/mol. The molecule has 2 rings (SSSR count). The van der Waals surface area contributed by atoms with Crippen LogP contribution in [0.15, 0.2) is 88.9 Å². The number of aliphatic imine (C=N–C) groups is 1. The molecule has 0 heterocycles. The van der Waals surface area contributed by atoms with Gasteiger partial charge in [0, 0.05) is 48.5 Å². The first-order valence-corrected chi connectivity index (χ1v) is 14.0. The van der Waals surface area contributed by atoms with Crippen molar-refractivity contribution in [3.63, 3.8) is 0 Å². The number of aliphatic hydroxyl groups is 1. The second-order valence-electron chi connectivity index (χ2n) is 10.0. The zero-order valence-corrected chi connectivity index (χ0v) is 24.2. The van der Waals surface area contributed by atoms with Gasteiger partial charge in [-0.25, -0.2) is 4.99 Å². The third-order valence-corrected chi connectivity index (χ3v) is 7.13. The summed E-state index contributed by atoms with van der Waals surface area (Å²) in [6.45, 7) is 15.1. The molecule has 0 saturated heterocycles. The average molecular weight is 524 g/mol. The molecule has 0 aliphatic heterocycles. The Balaban J connectivity index is 2.18. The summed E-state index contributed by atoms with van der Waals surface area (Å²) in [5, 5.41) is 13.9. The third-order valence-electron chi connectivity index (χ3n) is 6.87. The smallest absolute Gasteiger partial charge is 0.135 e. The Kier molecular flexibility index (Phi) is 13.3. The molecule has 0 aromatic heterocycles. The first kappa shape index (κ1) is 30.5. The van der Waals surface area contributed by atoms with E-state index in [1.165, 1.54) is 11.1 Å². The van der Waals surface area contributed by atoms with E-state index in [4.69, 9.17) is 16.6 Å². The van der Waals surface area contributed by atoms with Gasteiger partial charge >= 0.3 is 0 Å². The maximum atomic E-state index is 9.73. The minimum Gasteiger partial charge on any atom is -0.508 e. The third kappa shape index (κ3) is 10.7. The summed E-state index contributed by atoms with van der Waals surface area (Å²) in [7, 11) is 1.94. The van der Waals surface area contributed by atoms with E-state index in [1.54, 1.807) is 6.08 Å². The quantitative estimate of drug-likeness (QED) is 0.146. The lowest BCUT2D eigenvalue weighted by atomic mass is 9.95. The van der Waals surface area contributed by atoms with E-state index in [-0.39, 0.29) is 5.92 Å². The molecule has 2 unspecified atom stereocenters. The van der Waals surface area contributed by atoms with E-state index in [0.29, 0.717) is 11.7 Å². The van der Waals surface area contributed by atoms with Crippen LogP contribution in [0.3, 0.4) is 0 Å². The highest BCUT2D eigenvalue weighted by Gasteiger charge is 2.18. The molecule has 0 spiro atoms. The van der Waals surface area contributed by atoms with Gasteiger partial charge in [-0.15, -0.1) is 0 Å². The number of nitrogens with one attached hydrogen (secondary N) is 1. The van der Waals surface area contributed by atoms with Crippen LogP contribution in [-0.2, 0) is 6.42 Å². The minimum atomic E-state index is 0.180. The van der Waals surface area contributed by atoms with Crippen molar-refractivity contribution in [3.05, 3.63) is 94.5 Å². The van der Waals surface area contributed by atoms with Gasteiger partial charge in [0.2, 0.25) is 0 Å². The number of rotatable bonds is 14. The van der Waals surface area contributed by atoms with E-state index < -0.39 is 0 Å². The van der Waals surface area contributed by atoms with Gasteiger partial charge < -0.3 is 15.3 Å². The molecule has 0 bridgehead atoms. The highest BCUT2D eigenvalue weighted by atomic mass is 35.5. The van der Waals surface area contributed by atoms with Crippen LogP contribution in [0.25, 0.3) is 0 Å². The lowest BCUT2D eigenvalue weighted by molar-refractivity contribution is 0.362. The molecule has 4 nitrogen and oxygen atoms in total. The summed E-state index contributed by atoms with van der Waals surface area (Å²) >= 11 is 6.04. The number of halogens is 1.